The van der Waals surface area contributed by atoms with Gasteiger partial charge in [-0.3, -0.25) is 0 Å². The van der Waals surface area contributed by atoms with E-state index in [4.69, 9.17) is 5.73 Å². The van der Waals surface area contributed by atoms with Crippen LogP contribution in [0.3, 0.4) is 0 Å². The van der Waals surface area contributed by atoms with Gasteiger partial charge in [-0.2, -0.15) is 0 Å². The van der Waals surface area contributed by atoms with Crippen LogP contribution in [-0.2, 0) is 0 Å². The fourth-order valence-corrected chi connectivity index (χ4v) is 4.31. The van der Waals surface area contributed by atoms with E-state index in [2.05, 4.69) is 24.4 Å². The maximum absolute atomic E-state index is 14.1. The highest BCUT2D eigenvalue weighted by molar-refractivity contribution is 5.86. The third-order valence-corrected chi connectivity index (χ3v) is 5.70. The molecule has 0 aromatic heterocycles. The van der Waals surface area contributed by atoms with E-state index >= 15 is 0 Å². The molecule has 1 aliphatic rings. The summed E-state index contributed by atoms with van der Waals surface area (Å²) in [6.45, 7) is 2.18. The summed E-state index contributed by atoms with van der Waals surface area (Å²) in [6.07, 6.45) is 3.49. The number of nitrogens with one attached hydrogen (secondary N) is 1. The van der Waals surface area contributed by atoms with Crippen molar-refractivity contribution in [1.82, 2.24) is 5.32 Å². The molecule has 1 fully saturated rings. The summed E-state index contributed by atoms with van der Waals surface area (Å²) in [5.41, 5.74) is 9.16. The molecular formula is C23H25FN2. The number of hydrogen-bond acceptors (Lipinski definition) is 2. The van der Waals surface area contributed by atoms with Crippen LogP contribution in [0.1, 0.15) is 49.3 Å². The molecule has 3 atom stereocenters. The molecule has 1 aliphatic carbocycles. The van der Waals surface area contributed by atoms with Crippen LogP contribution < -0.4 is 11.1 Å². The van der Waals surface area contributed by atoms with Crippen molar-refractivity contribution in [2.75, 3.05) is 5.73 Å². The Kier molecular flexibility index (Phi) is 4.64. The Bertz CT molecular complexity index is 904. The second-order valence-electron chi connectivity index (χ2n) is 7.44. The SMILES string of the molecule is C[C@@H](NC1CC[C@@H](c2ccc(N)cc2)C1)c1ccc(F)c2ccccc12. The van der Waals surface area contributed by atoms with Gasteiger partial charge in [-0.1, -0.05) is 42.5 Å². The third kappa shape index (κ3) is 3.32. The van der Waals surface area contributed by atoms with Crippen LogP contribution in [0.15, 0.2) is 60.7 Å². The second kappa shape index (κ2) is 7.08. The molecule has 0 heterocycles. The molecule has 1 saturated carbocycles. The molecule has 3 aromatic rings. The van der Waals surface area contributed by atoms with Gasteiger partial charge in [-0.05, 0) is 66.8 Å². The lowest BCUT2D eigenvalue weighted by Gasteiger charge is -2.22. The van der Waals surface area contributed by atoms with Gasteiger partial charge in [0.2, 0.25) is 0 Å². The Morgan fingerprint density at radius 3 is 2.46 bits per heavy atom. The highest BCUT2D eigenvalue weighted by atomic mass is 19.1. The fraction of sp³-hybridized carbons (Fsp3) is 0.304. The van der Waals surface area contributed by atoms with Gasteiger partial charge in [0.05, 0.1) is 0 Å². The van der Waals surface area contributed by atoms with Crippen molar-refractivity contribution in [3.63, 3.8) is 0 Å². The number of rotatable bonds is 4. The zero-order chi connectivity index (χ0) is 18.1. The van der Waals surface area contributed by atoms with E-state index in [0.717, 1.165) is 23.1 Å². The highest BCUT2D eigenvalue weighted by Gasteiger charge is 2.27. The summed E-state index contributed by atoms with van der Waals surface area (Å²) in [4.78, 5) is 0. The van der Waals surface area contributed by atoms with E-state index in [1.54, 1.807) is 6.07 Å². The van der Waals surface area contributed by atoms with E-state index < -0.39 is 0 Å². The topological polar surface area (TPSA) is 38.0 Å². The Balaban J connectivity index is 1.48. The van der Waals surface area contributed by atoms with Gasteiger partial charge in [-0.15, -0.1) is 0 Å². The van der Waals surface area contributed by atoms with E-state index in [1.165, 1.54) is 18.4 Å². The number of halogens is 1. The zero-order valence-electron chi connectivity index (χ0n) is 15.1. The molecule has 3 N–H and O–H groups in total. The van der Waals surface area contributed by atoms with Crippen LogP contribution in [-0.4, -0.2) is 6.04 Å². The van der Waals surface area contributed by atoms with Crippen molar-refractivity contribution in [2.24, 2.45) is 0 Å². The van der Waals surface area contributed by atoms with Gasteiger partial charge in [0.25, 0.3) is 0 Å². The zero-order valence-corrected chi connectivity index (χ0v) is 15.1. The maximum Gasteiger partial charge on any atom is 0.131 e. The summed E-state index contributed by atoms with van der Waals surface area (Å²) in [6, 6.07) is 20.2. The lowest BCUT2D eigenvalue weighted by Crippen LogP contribution is -2.29. The molecule has 0 bridgehead atoms. The molecular weight excluding hydrogens is 323 g/mol. The van der Waals surface area contributed by atoms with Gasteiger partial charge in [0, 0.05) is 23.2 Å². The summed E-state index contributed by atoms with van der Waals surface area (Å²) >= 11 is 0. The molecule has 0 amide bonds. The van der Waals surface area contributed by atoms with E-state index in [1.807, 2.05) is 42.5 Å². The predicted octanol–water partition coefficient (Wildman–Crippen LogP) is 5.55. The first kappa shape index (κ1) is 17.0. The third-order valence-electron chi connectivity index (χ3n) is 5.70. The molecule has 4 rings (SSSR count). The van der Waals surface area contributed by atoms with E-state index in [9.17, 15) is 4.39 Å². The molecule has 0 aliphatic heterocycles. The van der Waals surface area contributed by atoms with Crippen LogP contribution in [0.5, 0.6) is 0 Å². The average Bonchev–Trinajstić information content (AvgIpc) is 3.11. The standard InChI is InChI=1S/C23H25FN2/c1-15(20-12-13-23(24)22-5-3-2-4-21(20)22)26-19-11-8-17(14-19)16-6-9-18(25)10-7-16/h2-7,9-10,12-13,15,17,19,26H,8,11,14,25H2,1H3/t15-,17-,19?/m1/s1. The molecule has 0 spiro atoms. The van der Waals surface area contributed by atoms with Gasteiger partial charge in [0.15, 0.2) is 0 Å². The first-order chi connectivity index (χ1) is 12.6. The van der Waals surface area contributed by atoms with Crippen molar-refractivity contribution in [2.45, 2.75) is 44.2 Å². The van der Waals surface area contributed by atoms with E-state index in [-0.39, 0.29) is 11.9 Å². The molecule has 2 nitrogen and oxygen atoms in total. The summed E-state index contributed by atoms with van der Waals surface area (Å²) in [5.74, 6) is 0.436. The minimum atomic E-state index is -0.152. The number of hydrogen-bond donors (Lipinski definition) is 2. The quantitative estimate of drug-likeness (QED) is 0.607. The monoisotopic (exact) mass is 348 g/mol. The Labute approximate surface area is 154 Å². The van der Waals surface area contributed by atoms with Gasteiger partial charge < -0.3 is 11.1 Å². The van der Waals surface area contributed by atoms with Crippen LogP contribution in [0.4, 0.5) is 10.1 Å². The van der Waals surface area contributed by atoms with Crippen molar-refractivity contribution in [3.8, 4) is 0 Å². The molecule has 3 heteroatoms. The Hall–Kier alpha value is -2.39. The Morgan fingerprint density at radius 2 is 1.69 bits per heavy atom. The van der Waals surface area contributed by atoms with Crippen LogP contribution in [0.25, 0.3) is 10.8 Å². The second-order valence-corrected chi connectivity index (χ2v) is 7.44. The minimum Gasteiger partial charge on any atom is -0.399 e. The van der Waals surface area contributed by atoms with Gasteiger partial charge in [-0.25, -0.2) is 4.39 Å². The van der Waals surface area contributed by atoms with Crippen molar-refractivity contribution in [1.29, 1.82) is 0 Å². The average molecular weight is 348 g/mol. The van der Waals surface area contributed by atoms with E-state index in [0.29, 0.717) is 17.3 Å². The Morgan fingerprint density at radius 1 is 0.962 bits per heavy atom. The smallest absolute Gasteiger partial charge is 0.131 e. The summed E-state index contributed by atoms with van der Waals surface area (Å²) in [7, 11) is 0. The van der Waals surface area contributed by atoms with Crippen LogP contribution in [0.2, 0.25) is 0 Å². The minimum absolute atomic E-state index is 0.152. The van der Waals surface area contributed by atoms with Crippen molar-refractivity contribution >= 4 is 16.5 Å². The summed E-state index contributed by atoms with van der Waals surface area (Å²) < 4.78 is 14.1. The first-order valence-electron chi connectivity index (χ1n) is 9.40. The lowest BCUT2D eigenvalue weighted by molar-refractivity contribution is 0.458. The maximum atomic E-state index is 14.1. The lowest BCUT2D eigenvalue weighted by atomic mass is 9.96. The summed E-state index contributed by atoms with van der Waals surface area (Å²) in [5, 5.41) is 5.47. The predicted molar refractivity (Wildman–Crippen MR) is 107 cm³/mol. The highest BCUT2D eigenvalue weighted by Crippen LogP contribution is 2.36. The van der Waals surface area contributed by atoms with Crippen LogP contribution >= 0.6 is 0 Å². The molecule has 1 unspecified atom stereocenters. The molecule has 134 valence electrons. The largest absolute Gasteiger partial charge is 0.399 e. The number of nitrogens with two attached hydrogens (primary N) is 1. The van der Waals surface area contributed by atoms with Gasteiger partial charge in [0.1, 0.15) is 5.82 Å². The van der Waals surface area contributed by atoms with Gasteiger partial charge >= 0.3 is 0 Å². The first-order valence-corrected chi connectivity index (χ1v) is 9.40. The van der Waals surface area contributed by atoms with Crippen LogP contribution in [0, 0.1) is 5.82 Å². The fourth-order valence-electron chi connectivity index (χ4n) is 4.31. The van der Waals surface area contributed by atoms with Crippen molar-refractivity contribution in [3.05, 3.63) is 77.6 Å². The van der Waals surface area contributed by atoms with Crippen molar-refractivity contribution < 1.29 is 4.39 Å². The molecule has 0 radical (unpaired) electrons. The number of anilines is 1. The molecule has 26 heavy (non-hydrogen) atoms. The molecule has 3 aromatic carbocycles. The molecule has 0 saturated heterocycles. The number of nitrogen functional groups attached to an aromatic ring is 1. The number of fused-ring (bicyclic) bond motifs is 1. The number of benzene rings is 3. The normalized spacial score (nSPS) is 21.2.